The molecule has 3 heteroatoms. The first-order chi connectivity index (χ1) is 8.65. The average molecular weight is 261 g/mol. The van der Waals surface area contributed by atoms with Crippen molar-refractivity contribution in [2.24, 2.45) is 0 Å². The van der Waals surface area contributed by atoms with Gasteiger partial charge in [0.1, 0.15) is 0 Å². The second kappa shape index (κ2) is 5.89. The summed E-state index contributed by atoms with van der Waals surface area (Å²) in [5, 5.41) is 4.17. The Labute approximate surface area is 113 Å². The maximum Gasteiger partial charge on any atom is 0.0429 e. The van der Waals surface area contributed by atoms with Crippen LogP contribution in [0.3, 0.4) is 0 Å². The van der Waals surface area contributed by atoms with Gasteiger partial charge in [-0.2, -0.15) is 0 Å². The Morgan fingerprint density at radius 3 is 2.33 bits per heavy atom. The molecule has 0 aromatic heterocycles. The fourth-order valence-electron chi connectivity index (χ4n) is 1.81. The molecule has 0 bridgehead atoms. The van der Waals surface area contributed by atoms with Crippen LogP contribution in [0.25, 0.3) is 0 Å². The van der Waals surface area contributed by atoms with Gasteiger partial charge < -0.3 is 10.2 Å². The van der Waals surface area contributed by atoms with E-state index in [2.05, 4.69) is 42.5 Å². The normalized spacial score (nSPS) is 10.7. The van der Waals surface area contributed by atoms with Crippen molar-refractivity contribution >= 4 is 23.0 Å². The molecule has 94 valence electrons. The average Bonchev–Trinajstić information content (AvgIpc) is 2.34. The lowest BCUT2D eigenvalue weighted by molar-refractivity contribution is 0.403. The van der Waals surface area contributed by atoms with Crippen LogP contribution >= 0.6 is 11.6 Å². The summed E-state index contributed by atoms with van der Waals surface area (Å²) in [6.45, 7) is 0.913. The van der Waals surface area contributed by atoms with Crippen molar-refractivity contribution in [3.63, 3.8) is 0 Å². The van der Waals surface area contributed by atoms with Crippen molar-refractivity contribution < 1.29 is 0 Å². The first-order valence-electron chi connectivity index (χ1n) is 5.90. The molecule has 18 heavy (non-hydrogen) atoms. The van der Waals surface area contributed by atoms with Crippen LogP contribution in [-0.2, 0) is 6.54 Å². The Hall–Kier alpha value is -1.51. The zero-order valence-electron chi connectivity index (χ0n) is 10.7. The fourth-order valence-corrected chi connectivity index (χ4v) is 1.94. The number of nitrogens with one attached hydrogen (secondary N) is 1. The van der Waals surface area contributed by atoms with Crippen LogP contribution in [0, 0.1) is 0 Å². The Balaban J connectivity index is 2.20. The third-order valence-electron chi connectivity index (χ3n) is 2.63. The van der Waals surface area contributed by atoms with E-state index in [0.29, 0.717) is 0 Å². The lowest BCUT2D eigenvalue weighted by Crippen LogP contribution is -2.12. The number of anilines is 2. The Bertz CT molecular complexity index is 506. The van der Waals surface area contributed by atoms with Crippen LogP contribution in [0.5, 0.6) is 0 Å². The molecule has 0 spiro atoms. The largest absolute Gasteiger partial charge is 0.355 e. The highest BCUT2D eigenvalue weighted by Crippen LogP contribution is 2.22. The molecule has 0 aliphatic rings. The summed E-state index contributed by atoms with van der Waals surface area (Å²) in [5.41, 5.74) is 3.46. The minimum Gasteiger partial charge on any atom is -0.355 e. The van der Waals surface area contributed by atoms with Gasteiger partial charge in [0, 0.05) is 22.9 Å². The molecule has 2 aromatic carbocycles. The number of nitrogens with zero attached hydrogens (tertiary/aromatic N) is 1. The van der Waals surface area contributed by atoms with E-state index in [4.69, 9.17) is 11.6 Å². The molecular formula is C15H17ClN2. The zero-order valence-corrected chi connectivity index (χ0v) is 11.4. The lowest BCUT2D eigenvalue weighted by Gasteiger charge is -2.15. The topological polar surface area (TPSA) is 15.3 Å². The van der Waals surface area contributed by atoms with Gasteiger partial charge in [0.05, 0.1) is 0 Å². The standard InChI is InChI=1S/C15H17ClN2/c1-18(2)11-12-5-3-4-6-15(12)17-14-9-7-13(16)8-10-14/h3-10,17H,11H2,1-2H3. The van der Waals surface area contributed by atoms with Crippen molar-refractivity contribution in [2.75, 3.05) is 19.4 Å². The molecule has 0 fully saturated rings. The highest BCUT2D eigenvalue weighted by Gasteiger charge is 2.03. The van der Waals surface area contributed by atoms with Crippen LogP contribution < -0.4 is 5.32 Å². The number of hydrogen-bond donors (Lipinski definition) is 1. The quantitative estimate of drug-likeness (QED) is 0.889. The molecule has 0 heterocycles. The monoisotopic (exact) mass is 260 g/mol. The first kappa shape index (κ1) is 12.9. The van der Waals surface area contributed by atoms with E-state index in [1.165, 1.54) is 5.56 Å². The smallest absolute Gasteiger partial charge is 0.0429 e. The molecule has 0 saturated carbocycles. The predicted octanol–water partition coefficient (Wildman–Crippen LogP) is 4.15. The number of hydrogen-bond acceptors (Lipinski definition) is 2. The summed E-state index contributed by atoms with van der Waals surface area (Å²) in [5.74, 6) is 0. The molecule has 1 N–H and O–H groups in total. The number of benzene rings is 2. The van der Waals surface area contributed by atoms with E-state index in [1.54, 1.807) is 0 Å². The Morgan fingerprint density at radius 2 is 1.67 bits per heavy atom. The van der Waals surface area contributed by atoms with Gasteiger partial charge in [-0.25, -0.2) is 0 Å². The maximum atomic E-state index is 5.88. The summed E-state index contributed by atoms with van der Waals surface area (Å²) in [6, 6.07) is 16.1. The van der Waals surface area contributed by atoms with Crippen LogP contribution in [0.15, 0.2) is 48.5 Å². The minimum absolute atomic E-state index is 0.752. The van der Waals surface area contributed by atoms with E-state index in [0.717, 1.165) is 22.9 Å². The van der Waals surface area contributed by atoms with Crippen molar-refractivity contribution in [1.29, 1.82) is 0 Å². The molecule has 0 atom stereocenters. The minimum atomic E-state index is 0.752. The zero-order chi connectivity index (χ0) is 13.0. The maximum absolute atomic E-state index is 5.88. The van der Waals surface area contributed by atoms with Gasteiger partial charge in [-0.3, -0.25) is 0 Å². The van der Waals surface area contributed by atoms with Crippen LogP contribution in [0.2, 0.25) is 5.02 Å². The number of halogens is 1. The highest BCUT2D eigenvalue weighted by molar-refractivity contribution is 6.30. The molecule has 2 nitrogen and oxygen atoms in total. The third kappa shape index (κ3) is 3.49. The fraction of sp³-hybridized carbons (Fsp3) is 0.200. The molecule has 0 unspecified atom stereocenters. The second-order valence-corrected chi connectivity index (χ2v) is 4.96. The molecule has 0 amide bonds. The van der Waals surface area contributed by atoms with E-state index in [-0.39, 0.29) is 0 Å². The molecule has 0 radical (unpaired) electrons. The molecule has 0 saturated heterocycles. The highest BCUT2D eigenvalue weighted by atomic mass is 35.5. The van der Waals surface area contributed by atoms with E-state index in [9.17, 15) is 0 Å². The predicted molar refractivity (Wildman–Crippen MR) is 78.6 cm³/mol. The summed E-state index contributed by atoms with van der Waals surface area (Å²) >= 11 is 5.88. The Kier molecular flexibility index (Phi) is 4.24. The van der Waals surface area contributed by atoms with Crippen molar-refractivity contribution in [2.45, 2.75) is 6.54 Å². The van der Waals surface area contributed by atoms with Crippen molar-refractivity contribution in [1.82, 2.24) is 4.90 Å². The summed E-state index contributed by atoms with van der Waals surface area (Å²) in [7, 11) is 4.14. The van der Waals surface area contributed by atoms with E-state index >= 15 is 0 Å². The third-order valence-corrected chi connectivity index (χ3v) is 2.88. The van der Waals surface area contributed by atoms with Crippen LogP contribution in [-0.4, -0.2) is 19.0 Å². The SMILES string of the molecule is CN(C)Cc1ccccc1Nc1ccc(Cl)cc1. The number of rotatable bonds is 4. The van der Waals surface area contributed by atoms with Crippen molar-refractivity contribution in [3.8, 4) is 0 Å². The number of para-hydroxylation sites is 1. The van der Waals surface area contributed by atoms with Gasteiger partial charge in [0.25, 0.3) is 0 Å². The first-order valence-corrected chi connectivity index (χ1v) is 6.28. The molecule has 2 aromatic rings. The van der Waals surface area contributed by atoms with Gasteiger partial charge in [-0.05, 0) is 50.0 Å². The van der Waals surface area contributed by atoms with Crippen molar-refractivity contribution in [3.05, 3.63) is 59.1 Å². The van der Waals surface area contributed by atoms with Gasteiger partial charge in [0.2, 0.25) is 0 Å². The molecule has 2 rings (SSSR count). The molecule has 0 aliphatic carbocycles. The summed E-state index contributed by atoms with van der Waals surface area (Å²) in [4.78, 5) is 2.16. The van der Waals surface area contributed by atoms with Gasteiger partial charge in [-0.1, -0.05) is 29.8 Å². The lowest BCUT2D eigenvalue weighted by atomic mass is 10.1. The molecule has 0 aliphatic heterocycles. The van der Waals surface area contributed by atoms with Crippen LogP contribution in [0.4, 0.5) is 11.4 Å². The van der Waals surface area contributed by atoms with E-state index < -0.39 is 0 Å². The van der Waals surface area contributed by atoms with Gasteiger partial charge in [-0.15, -0.1) is 0 Å². The van der Waals surface area contributed by atoms with E-state index in [1.807, 2.05) is 30.3 Å². The van der Waals surface area contributed by atoms with Gasteiger partial charge in [0.15, 0.2) is 0 Å². The molecular weight excluding hydrogens is 244 g/mol. The summed E-state index contributed by atoms with van der Waals surface area (Å²) in [6.07, 6.45) is 0. The summed E-state index contributed by atoms with van der Waals surface area (Å²) < 4.78 is 0. The van der Waals surface area contributed by atoms with Crippen LogP contribution in [0.1, 0.15) is 5.56 Å². The van der Waals surface area contributed by atoms with Gasteiger partial charge >= 0.3 is 0 Å². The second-order valence-electron chi connectivity index (χ2n) is 4.53. The Morgan fingerprint density at radius 1 is 1.00 bits per heavy atom.